The van der Waals surface area contributed by atoms with Crippen molar-refractivity contribution >= 4 is 17.7 Å². The standard InChI is InChI=1S/C13H14FN3O3/c1-17(6-2-3-12(18)19)13(20)16-10-4-5-11(14)9(7-10)8-15/h4-5,7H,2-3,6H2,1H3,(H,16,20)(H,18,19). The fraction of sp³-hybridized carbons (Fsp3) is 0.308. The lowest BCUT2D eigenvalue weighted by molar-refractivity contribution is -0.137. The average molecular weight is 279 g/mol. The first-order valence-electron chi connectivity index (χ1n) is 5.87. The van der Waals surface area contributed by atoms with Gasteiger partial charge in [-0.05, 0) is 24.6 Å². The summed E-state index contributed by atoms with van der Waals surface area (Å²) in [5.74, 6) is -1.57. The van der Waals surface area contributed by atoms with E-state index >= 15 is 0 Å². The van der Waals surface area contributed by atoms with Crippen molar-refractivity contribution in [1.29, 1.82) is 5.26 Å². The number of nitrogens with zero attached hydrogens (tertiary/aromatic N) is 2. The van der Waals surface area contributed by atoms with Crippen molar-refractivity contribution in [2.24, 2.45) is 0 Å². The van der Waals surface area contributed by atoms with Crippen LogP contribution >= 0.6 is 0 Å². The van der Waals surface area contributed by atoms with E-state index in [9.17, 15) is 14.0 Å². The van der Waals surface area contributed by atoms with Crippen LogP contribution in [0.3, 0.4) is 0 Å². The van der Waals surface area contributed by atoms with Gasteiger partial charge in [0.25, 0.3) is 0 Å². The largest absolute Gasteiger partial charge is 0.481 e. The van der Waals surface area contributed by atoms with Crippen molar-refractivity contribution in [3.05, 3.63) is 29.6 Å². The van der Waals surface area contributed by atoms with Crippen molar-refractivity contribution in [3.8, 4) is 6.07 Å². The Morgan fingerprint density at radius 3 is 2.80 bits per heavy atom. The molecule has 0 fully saturated rings. The second-order valence-electron chi connectivity index (χ2n) is 4.16. The highest BCUT2D eigenvalue weighted by Crippen LogP contribution is 2.14. The number of carbonyl (C=O) groups is 2. The quantitative estimate of drug-likeness (QED) is 0.862. The summed E-state index contributed by atoms with van der Waals surface area (Å²) >= 11 is 0. The Labute approximate surface area is 115 Å². The van der Waals surface area contributed by atoms with Crippen LogP contribution in [0.4, 0.5) is 14.9 Å². The summed E-state index contributed by atoms with van der Waals surface area (Å²) in [6.45, 7) is 0.282. The number of carbonyl (C=O) groups excluding carboxylic acids is 1. The van der Waals surface area contributed by atoms with Gasteiger partial charge in [0.1, 0.15) is 11.9 Å². The van der Waals surface area contributed by atoms with Crippen LogP contribution in [-0.2, 0) is 4.79 Å². The Morgan fingerprint density at radius 1 is 1.50 bits per heavy atom. The van der Waals surface area contributed by atoms with Crippen molar-refractivity contribution in [1.82, 2.24) is 4.90 Å². The van der Waals surface area contributed by atoms with Gasteiger partial charge >= 0.3 is 12.0 Å². The summed E-state index contributed by atoms with van der Waals surface area (Å²) in [5, 5.41) is 19.7. The molecule has 1 aromatic rings. The lowest BCUT2D eigenvalue weighted by atomic mass is 10.2. The highest BCUT2D eigenvalue weighted by atomic mass is 19.1. The summed E-state index contributed by atoms with van der Waals surface area (Å²) in [6.07, 6.45) is 0.318. The topological polar surface area (TPSA) is 93.4 Å². The third-order valence-corrected chi connectivity index (χ3v) is 2.57. The molecule has 106 valence electrons. The van der Waals surface area contributed by atoms with Crippen molar-refractivity contribution in [2.75, 3.05) is 18.9 Å². The monoisotopic (exact) mass is 279 g/mol. The van der Waals surface area contributed by atoms with E-state index in [1.165, 1.54) is 24.1 Å². The minimum absolute atomic E-state index is 0.0211. The van der Waals surface area contributed by atoms with Gasteiger partial charge < -0.3 is 15.3 Å². The maximum Gasteiger partial charge on any atom is 0.321 e. The maximum absolute atomic E-state index is 13.1. The zero-order chi connectivity index (χ0) is 15.1. The molecule has 0 saturated heterocycles. The molecule has 0 spiro atoms. The molecule has 0 radical (unpaired) electrons. The first-order valence-corrected chi connectivity index (χ1v) is 5.87. The molecule has 0 aromatic heterocycles. The van der Waals surface area contributed by atoms with Crippen LogP contribution in [0.1, 0.15) is 18.4 Å². The van der Waals surface area contributed by atoms with E-state index in [2.05, 4.69) is 5.32 Å². The van der Waals surface area contributed by atoms with E-state index in [0.717, 1.165) is 6.07 Å². The number of anilines is 1. The lowest BCUT2D eigenvalue weighted by Crippen LogP contribution is -2.32. The fourth-order valence-electron chi connectivity index (χ4n) is 1.48. The zero-order valence-electron chi connectivity index (χ0n) is 10.9. The number of nitrogens with one attached hydrogen (secondary N) is 1. The summed E-state index contributed by atoms with van der Waals surface area (Å²) < 4.78 is 13.1. The first kappa shape index (κ1) is 15.4. The van der Waals surface area contributed by atoms with Crippen molar-refractivity contribution < 1.29 is 19.1 Å². The van der Waals surface area contributed by atoms with E-state index in [1.807, 2.05) is 0 Å². The average Bonchev–Trinajstić information content (AvgIpc) is 2.40. The molecule has 0 bridgehead atoms. The number of rotatable bonds is 5. The molecule has 1 aromatic carbocycles. The molecule has 20 heavy (non-hydrogen) atoms. The SMILES string of the molecule is CN(CCCC(=O)O)C(=O)Nc1ccc(F)c(C#N)c1. The van der Waals surface area contributed by atoms with Crippen LogP contribution in [-0.4, -0.2) is 35.6 Å². The molecule has 0 aliphatic heterocycles. The number of halogens is 1. The number of aliphatic carboxylic acids is 1. The molecule has 2 N–H and O–H groups in total. The molecule has 0 atom stereocenters. The molecule has 0 aliphatic carbocycles. The van der Waals surface area contributed by atoms with Crippen LogP contribution < -0.4 is 5.32 Å². The van der Waals surface area contributed by atoms with E-state index in [0.29, 0.717) is 12.1 Å². The van der Waals surface area contributed by atoms with Gasteiger partial charge in [-0.15, -0.1) is 0 Å². The molecule has 0 heterocycles. The Kier molecular flexibility index (Phi) is 5.47. The highest BCUT2D eigenvalue weighted by molar-refractivity contribution is 5.89. The number of nitriles is 1. The predicted octanol–water partition coefficient (Wildman–Crippen LogP) is 2.03. The van der Waals surface area contributed by atoms with Gasteiger partial charge in [0.15, 0.2) is 0 Å². The van der Waals surface area contributed by atoms with Gasteiger partial charge in [0.2, 0.25) is 0 Å². The Balaban J connectivity index is 2.57. The molecule has 7 heteroatoms. The molecule has 6 nitrogen and oxygen atoms in total. The van der Waals surface area contributed by atoms with Crippen LogP contribution in [0.15, 0.2) is 18.2 Å². The molecule has 0 saturated carbocycles. The third kappa shape index (κ3) is 4.57. The van der Waals surface area contributed by atoms with E-state index < -0.39 is 17.8 Å². The van der Waals surface area contributed by atoms with Gasteiger partial charge in [-0.25, -0.2) is 9.18 Å². The van der Waals surface area contributed by atoms with E-state index in [4.69, 9.17) is 10.4 Å². The summed E-state index contributed by atoms with van der Waals surface area (Å²) in [4.78, 5) is 23.4. The van der Waals surface area contributed by atoms with Gasteiger partial charge in [-0.3, -0.25) is 4.79 Å². The lowest BCUT2D eigenvalue weighted by Gasteiger charge is -2.17. The Hall–Kier alpha value is -2.62. The minimum Gasteiger partial charge on any atom is -0.481 e. The zero-order valence-corrected chi connectivity index (χ0v) is 10.9. The molecule has 2 amide bonds. The first-order chi connectivity index (χ1) is 9.43. The summed E-state index contributed by atoms with van der Waals surface area (Å²) in [7, 11) is 1.52. The predicted molar refractivity (Wildman–Crippen MR) is 69.6 cm³/mol. The number of hydrogen-bond donors (Lipinski definition) is 2. The number of urea groups is 1. The number of amides is 2. The van der Waals surface area contributed by atoms with E-state index in [-0.39, 0.29) is 18.5 Å². The second-order valence-corrected chi connectivity index (χ2v) is 4.16. The molecule has 1 rings (SSSR count). The normalized spacial score (nSPS) is 9.65. The fourth-order valence-corrected chi connectivity index (χ4v) is 1.48. The van der Waals surface area contributed by atoms with Crippen LogP contribution in [0, 0.1) is 17.1 Å². The van der Waals surface area contributed by atoms with Crippen LogP contribution in [0.25, 0.3) is 0 Å². The van der Waals surface area contributed by atoms with Crippen LogP contribution in [0.5, 0.6) is 0 Å². The number of hydrogen-bond acceptors (Lipinski definition) is 3. The molecular weight excluding hydrogens is 265 g/mol. The number of carboxylic acids is 1. The third-order valence-electron chi connectivity index (χ3n) is 2.57. The Bertz CT molecular complexity index is 554. The minimum atomic E-state index is -0.920. The van der Waals surface area contributed by atoms with Crippen molar-refractivity contribution in [2.45, 2.75) is 12.8 Å². The van der Waals surface area contributed by atoms with Crippen LogP contribution in [0.2, 0.25) is 0 Å². The maximum atomic E-state index is 13.1. The van der Waals surface area contributed by atoms with Gasteiger partial charge in [0.05, 0.1) is 5.56 Å². The Morgan fingerprint density at radius 2 is 2.20 bits per heavy atom. The van der Waals surface area contributed by atoms with Crippen molar-refractivity contribution in [3.63, 3.8) is 0 Å². The highest BCUT2D eigenvalue weighted by Gasteiger charge is 2.10. The van der Waals surface area contributed by atoms with Gasteiger partial charge in [-0.2, -0.15) is 5.26 Å². The summed E-state index contributed by atoms with van der Waals surface area (Å²) in [6, 6.07) is 4.90. The number of carboxylic acid groups (broad SMARTS) is 1. The molecule has 0 unspecified atom stereocenters. The number of benzene rings is 1. The molecular formula is C13H14FN3O3. The summed E-state index contributed by atoms with van der Waals surface area (Å²) in [5.41, 5.74) is 0.148. The van der Waals surface area contributed by atoms with Gasteiger partial charge in [-0.1, -0.05) is 0 Å². The second kappa shape index (κ2) is 7.09. The van der Waals surface area contributed by atoms with Gasteiger partial charge in [0, 0.05) is 25.7 Å². The van der Waals surface area contributed by atoms with E-state index in [1.54, 1.807) is 6.07 Å². The smallest absolute Gasteiger partial charge is 0.321 e. The molecule has 0 aliphatic rings.